The molecule has 0 heterocycles. The van der Waals surface area contributed by atoms with E-state index in [1.807, 2.05) is 24.3 Å². The van der Waals surface area contributed by atoms with E-state index in [4.69, 9.17) is 4.74 Å². The maximum Gasteiger partial charge on any atom is 0.217 e. The zero-order chi connectivity index (χ0) is 21.6. The minimum absolute atomic E-state index is 0.578. The lowest BCUT2D eigenvalue weighted by atomic mass is 10.1. The number of allylic oxidation sites excluding steroid dienone is 2. The summed E-state index contributed by atoms with van der Waals surface area (Å²) in [6.07, 6.45) is 6.55. The van der Waals surface area contributed by atoms with E-state index in [-0.39, 0.29) is 0 Å². The summed E-state index contributed by atoms with van der Waals surface area (Å²) in [7, 11) is 0. The van der Waals surface area contributed by atoms with Crippen molar-refractivity contribution in [3.05, 3.63) is 76.9 Å². The molecule has 0 fully saturated rings. The van der Waals surface area contributed by atoms with Gasteiger partial charge in [-0.15, -0.1) is 0 Å². The zero-order valence-corrected chi connectivity index (χ0v) is 17.7. The van der Waals surface area contributed by atoms with Crippen molar-refractivity contribution in [1.29, 1.82) is 0 Å². The van der Waals surface area contributed by atoms with E-state index in [0.29, 0.717) is 17.7 Å². The van der Waals surface area contributed by atoms with Gasteiger partial charge in [-0.25, -0.2) is 0 Å². The number of hydrogen-bond donors (Lipinski definition) is 0. The van der Waals surface area contributed by atoms with Gasteiger partial charge in [-0.05, 0) is 73.1 Å². The molecule has 30 heavy (non-hydrogen) atoms. The molecule has 0 aromatic heterocycles. The predicted molar refractivity (Wildman–Crippen MR) is 120 cm³/mol. The lowest BCUT2D eigenvalue weighted by Gasteiger charge is -2.05. The van der Waals surface area contributed by atoms with Gasteiger partial charge in [0.05, 0.1) is 6.61 Å². The Morgan fingerprint density at radius 1 is 0.733 bits per heavy atom. The largest absolute Gasteiger partial charge is 0.494 e. The van der Waals surface area contributed by atoms with Gasteiger partial charge in [-0.2, -0.15) is 8.78 Å². The van der Waals surface area contributed by atoms with Crippen molar-refractivity contribution in [2.45, 2.75) is 52.4 Å². The molecule has 2 aromatic rings. The van der Waals surface area contributed by atoms with E-state index in [1.54, 1.807) is 24.3 Å². The van der Waals surface area contributed by atoms with Crippen LogP contribution in [0.15, 0.2) is 60.2 Å². The van der Waals surface area contributed by atoms with Gasteiger partial charge >= 0.3 is 0 Å². The van der Waals surface area contributed by atoms with Gasteiger partial charge in [-0.1, -0.05) is 57.1 Å². The van der Waals surface area contributed by atoms with Crippen LogP contribution in [-0.2, 0) is 6.42 Å². The predicted octanol–water partition coefficient (Wildman–Crippen LogP) is 7.15. The quantitative estimate of drug-likeness (QED) is 0.334. The second-order valence-corrected chi connectivity index (χ2v) is 7.01. The van der Waals surface area contributed by atoms with Gasteiger partial charge in [0.15, 0.2) is 0 Å². The van der Waals surface area contributed by atoms with Crippen molar-refractivity contribution in [2.24, 2.45) is 0 Å². The molecule has 0 unspecified atom stereocenters. The molecule has 0 amide bonds. The van der Waals surface area contributed by atoms with Gasteiger partial charge in [0.25, 0.3) is 0 Å². The number of halogens is 2. The fraction of sp³-hybridized carbons (Fsp3) is 0.333. The van der Waals surface area contributed by atoms with Crippen molar-refractivity contribution in [3.8, 4) is 29.4 Å². The van der Waals surface area contributed by atoms with Crippen molar-refractivity contribution in [2.75, 3.05) is 6.61 Å². The van der Waals surface area contributed by atoms with E-state index in [1.165, 1.54) is 5.56 Å². The molecule has 1 nitrogen and oxygen atoms in total. The molecule has 0 bridgehead atoms. The number of aryl methyl sites for hydroxylation is 1. The summed E-state index contributed by atoms with van der Waals surface area (Å²) in [5.41, 5.74) is 2.43. The third-order valence-corrected chi connectivity index (χ3v) is 4.47. The first-order valence-corrected chi connectivity index (χ1v) is 10.5. The summed E-state index contributed by atoms with van der Waals surface area (Å²) in [6.45, 7) is 4.95. The lowest BCUT2D eigenvalue weighted by Crippen LogP contribution is -1.96. The normalized spacial score (nSPS) is 10.9. The second-order valence-electron chi connectivity index (χ2n) is 7.01. The summed E-state index contributed by atoms with van der Waals surface area (Å²) in [5.74, 6) is 8.06. The van der Waals surface area contributed by atoms with Crippen molar-refractivity contribution < 1.29 is 13.5 Å². The molecule has 0 atom stereocenters. The van der Waals surface area contributed by atoms with Crippen molar-refractivity contribution in [1.82, 2.24) is 0 Å². The molecule has 2 rings (SSSR count). The van der Waals surface area contributed by atoms with Crippen LogP contribution in [0, 0.1) is 23.7 Å². The Morgan fingerprint density at radius 3 is 1.80 bits per heavy atom. The van der Waals surface area contributed by atoms with E-state index in [2.05, 4.69) is 37.5 Å². The van der Waals surface area contributed by atoms with Crippen LogP contribution in [0.5, 0.6) is 5.75 Å². The van der Waals surface area contributed by atoms with Crippen LogP contribution in [0.25, 0.3) is 0 Å². The molecule has 0 N–H and O–H groups in total. The number of ether oxygens (including phenoxy) is 1. The third-order valence-electron chi connectivity index (χ3n) is 4.47. The molecule has 156 valence electrons. The average molecular weight is 407 g/mol. The van der Waals surface area contributed by atoms with Crippen LogP contribution in [0.2, 0.25) is 0 Å². The van der Waals surface area contributed by atoms with Crippen LogP contribution >= 0.6 is 0 Å². The topological polar surface area (TPSA) is 9.23 Å². The summed E-state index contributed by atoms with van der Waals surface area (Å²) < 4.78 is 33.4. The Bertz CT molecular complexity index is 933. The first-order valence-electron chi connectivity index (χ1n) is 10.5. The Balaban J connectivity index is 1.96. The highest BCUT2D eigenvalue weighted by molar-refractivity contribution is 5.46. The number of unbranched alkanes of at least 4 members (excludes halogenated alkanes) is 3. The summed E-state index contributed by atoms with van der Waals surface area (Å²) in [4.78, 5) is 0. The first kappa shape index (κ1) is 23.2. The average Bonchev–Trinajstić information content (AvgIpc) is 2.78. The Labute approximate surface area is 179 Å². The summed E-state index contributed by atoms with van der Waals surface area (Å²) >= 11 is 0. The first-order chi connectivity index (χ1) is 14.6. The van der Waals surface area contributed by atoms with Gasteiger partial charge in [-0.3, -0.25) is 0 Å². The number of benzene rings is 2. The fourth-order valence-electron chi connectivity index (χ4n) is 2.68. The molecule has 0 aliphatic heterocycles. The van der Waals surface area contributed by atoms with Gasteiger partial charge in [0, 0.05) is 11.1 Å². The summed E-state index contributed by atoms with van der Waals surface area (Å²) in [6, 6.07) is 14.6. The highest BCUT2D eigenvalue weighted by Gasteiger charge is 2.00. The second kappa shape index (κ2) is 13.2. The molecule has 2 aromatic carbocycles. The monoisotopic (exact) mass is 406 g/mol. The molecule has 0 radical (unpaired) electrons. The minimum atomic E-state index is -1.16. The van der Waals surface area contributed by atoms with Crippen molar-refractivity contribution in [3.63, 3.8) is 0 Å². The molecule has 3 heteroatoms. The van der Waals surface area contributed by atoms with Gasteiger partial charge < -0.3 is 4.74 Å². The van der Waals surface area contributed by atoms with E-state index >= 15 is 0 Å². The standard InChI is InChI=1S/C27H28F2O/c1-3-5-7-21-30-25-17-13-24(14-18-25)16-20-27(29)26(28)19-15-23-11-9-22(10-12-23)8-6-4-2/h9-14,17-18H,3-8,21H2,1-2H3/b27-26+. The molecule has 0 aliphatic rings. The SMILES string of the molecule is CCCCCOc1ccc(C#C/C(F)=C(\F)C#Cc2ccc(CCCC)cc2)cc1. The zero-order valence-electron chi connectivity index (χ0n) is 17.7. The Hall–Kier alpha value is -3.04. The van der Waals surface area contributed by atoms with Gasteiger partial charge in [0.1, 0.15) is 5.75 Å². The van der Waals surface area contributed by atoms with Gasteiger partial charge in [0.2, 0.25) is 11.7 Å². The van der Waals surface area contributed by atoms with Crippen LogP contribution < -0.4 is 4.74 Å². The number of hydrogen-bond acceptors (Lipinski definition) is 1. The van der Waals surface area contributed by atoms with Crippen LogP contribution in [-0.4, -0.2) is 6.61 Å². The molecular weight excluding hydrogens is 378 g/mol. The highest BCUT2D eigenvalue weighted by atomic mass is 19.2. The maximum atomic E-state index is 13.9. The van der Waals surface area contributed by atoms with E-state index in [0.717, 1.165) is 44.3 Å². The summed E-state index contributed by atoms with van der Waals surface area (Å²) in [5, 5.41) is 0. The minimum Gasteiger partial charge on any atom is -0.494 e. The maximum absolute atomic E-state index is 13.9. The van der Waals surface area contributed by atoms with Crippen LogP contribution in [0.4, 0.5) is 8.78 Å². The molecule has 0 saturated heterocycles. The lowest BCUT2D eigenvalue weighted by molar-refractivity contribution is 0.306. The van der Waals surface area contributed by atoms with Crippen LogP contribution in [0.3, 0.4) is 0 Å². The molecule has 0 saturated carbocycles. The highest BCUT2D eigenvalue weighted by Crippen LogP contribution is 2.13. The Kier molecular flexibility index (Phi) is 10.3. The molecule has 0 aliphatic carbocycles. The van der Waals surface area contributed by atoms with Crippen molar-refractivity contribution >= 4 is 0 Å². The molecular formula is C27H28F2O. The Morgan fingerprint density at radius 2 is 1.27 bits per heavy atom. The van der Waals surface area contributed by atoms with E-state index < -0.39 is 11.7 Å². The fourth-order valence-corrected chi connectivity index (χ4v) is 2.68. The van der Waals surface area contributed by atoms with E-state index in [9.17, 15) is 8.78 Å². The van der Waals surface area contributed by atoms with Crippen LogP contribution in [0.1, 0.15) is 62.6 Å². The smallest absolute Gasteiger partial charge is 0.217 e. The number of rotatable bonds is 8. The third kappa shape index (κ3) is 8.54. The molecule has 0 spiro atoms.